The van der Waals surface area contributed by atoms with Crippen LogP contribution in [0.5, 0.6) is 11.5 Å². The highest BCUT2D eigenvalue weighted by molar-refractivity contribution is 5.99. The van der Waals surface area contributed by atoms with Crippen LogP contribution in [0.3, 0.4) is 0 Å². The number of aromatic amines is 2. The number of benzene rings is 2. The summed E-state index contributed by atoms with van der Waals surface area (Å²) in [5, 5.41) is 5.15. The Labute approximate surface area is 171 Å². The zero-order chi connectivity index (χ0) is 20.7. The van der Waals surface area contributed by atoms with E-state index < -0.39 is 0 Å². The lowest BCUT2D eigenvalue weighted by atomic mass is 10.1. The van der Waals surface area contributed by atoms with E-state index in [1.165, 1.54) is 0 Å². The normalized spacial score (nSPS) is 11.1. The van der Waals surface area contributed by atoms with Crippen LogP contribution in [0.25, 0.3) is 33.6 Å². The summed E-state index contributed by atoms with van der Waals surface area (Å²) in [4.78, 5) is 23.2. The van der Waals surface area contributed by atoms with E-state index in [0.29, 0.717) is 22.7 Å². The number of hydrogen-bond donors (Lipinski definition) is 2. The van der Waals surface area contributed by atoms with Crippen molar-refractivity contribution in [2.75, 3.05) is 0 Å². The molecule has 3 heterocycles. The van der Waals surface area contributed by atoms with Crippen LogP contribution < -0.4 is 10.3 Å². The summed E-state index contributed by atoms with van der Waals surface area (Å²) in [7, 11) is 0. The molecule has 7 nitrogen and oxygen atoms in total. The second-order valence-corrected chi connectivity index (χ2v) is 6.98. The highest BCUT2D eigenvalue weighted by Crippen LogP contribution is 2.37. The molecule has 0 spiro atoms. The second kappa shape index (κ2) is 7.04. The van der Waals surface area contributed by atoms with Gasteiger partial charge in [0.05, 0.1) is 11.1 Å². The summed E-state index contributed by atoms with van der Waals surface area (Å²) in [6.45, 7) is 3.60. The third-order valence-corrected chi connectivity index (χ3v) is 4.88. The third kappa shape index (κ3) is 3.06. The average Bonchev–Trinajstić information content (AvgIpc) is 3.33. The zero-order valence-electron chi connectivity index (χ0n) is 16.4. The van der Waals surface area contributed by atoms with Gasteiger partial charge in [-0.05, 0) is 44.2 Å². The Morgan fingerprint density at radius 1 is 0.967 bits per heavy atom. The van der Waals surface area contributed by atoms with Crippen molar-refractivity contribution >= 4 is 10.8 Å². The van der Waals surface area contributed by atoms with Crippen LogP contribution >= 0.6 is 0 Å². The molecular formula is C23H18N4O3. The van der Waals surface area contributed by atoms with Crippen molar-refractivity contribution in [3.05, 3.63) is 82.5 Å². The number of pyridine rings is 1. The van der Waals surface area contributed by atoms with Crippen LogP contribution in [0.4, 0.5) is 0 Å². The van der Waals surface area contributed by atoms with Crippen molar-refractivity contribution < 1.29 is 9.26 Å². The smallest absolute Gasteiger partial charge is 0.274 e. The second-order valence-electron chi connectivity index (χ2n) is 6.98. The Hall–Kier alpha value is -4.13. The first-order chi connectivity index (χ1) is 14.6. The molecule has 148 valence electrons. The lowest BCUT2D eigenvalue weighted by Gasteiger charge is -2.11. The van der Waals surface area contributed by atoms with Crippen molar-refractivity contribution in [1.82, 2.24) is 20.1 Å². The predicted octanol–water partition coefficient (Wildman–Crippen LogP) is 4.98. The number of fused-ring (bicyclic) bond motifs is 1. The Morgan fingerprint density at radius 2 is 1.73 bits per heavy atom. The first kappa shape index (κ1) is 17.9. The minimum absolute atomic E-state index is 0.222. The lowest BCUT2D eigenvalue weighted by molar-refractivity contribution is 0.424. The Morgan fingerprint density at radius 3 is 2.50 bits per heavy atom. The van der Waals surface area contributed by atoms with Gasteiger partial charge in [0.15, 0.2) is 5.82 Å². The molecule has 0 saturated heterocycles. The van der Waals surface area contributed by atoms with Gasteiger partial charge in [0, 0.05) is 16.6 Å². The van der Waals surface area contributed by atoms with Crippen molar-refractivity contribution in [1.29, 1.82) is 0 Å². The van der Waals surface area contributed by atoms with Crippen molar-refractivity contribution in [2.45, 2.75) is 13.8 Å². The fourth-order valence-electron chi connectivity index (χ4n) is 3.56. The summed E-state index contributed by atoms with van der Waals surface area (Å²) in [5.41, 5.74) is 2.65. The Balaban J connectivity index is 1.70. The van der Waals surface area contributed by atoms with Gasteiger partial charge in [-0.2, -0.15) is 4.98 Å². The average molecular weight is 398 g/mol. The fraction of sp³-hybridized carbons (Fsp3) is 0.0870. The Bertz CT molecular complexity index is 1410. The number of rotatable bonds is 4. The number of aryl methyl sites for hydroxylation is 2. The number of nitrogens with zero attached hydrogens (tertiary/aromatic N) is 2. The van der Waals surface area contributed by atoms with E-state index in [9.17, 15) is 4.79 Å². The largest absolute Gasteiger partial charge is 0.457 e. The zero-order valence-corrected chi connectivity index (χ0v) is 16.4. The van der Waals surface area contributed by atoms with E-state index in [0.717, 1.165) is 28.1 Å². The van der Waals surface area contributed by atoms with Gasteiger partial charge in [0.25, 0.3) is 11.4 Å². The van der Waals surface area contributed by atoms with E-state index >= 15 is 0 Å². The lowest BCUT2D eigenvalue weighted by Crippen LogP contribution is -2.07. The van der Waals surface area contributed by atoms with E-state index in [-0.39, 0.29) is 11.4 Å². The summed E-state index contributed by atoms with van der Waals surface area (Å²) in [6.07, 6.45) is 0. The van der Waals surface area contributed by atoms with E-state index in [2.05, 4.69) is 20.1 Å². The molecule has 0 aliphatic rings. The van der Waals surface area contributed by atoms with E-state index in [1.807, 2.05) is 67.6 Å². The minimum atomic E-state index is -0.222. The molecule has 0 atom stereocenters. The van der Waals surface area contributed by atoms with Gasteiger partial charge in [-0.3, -0.25) is 4.79 Å². The molecular weight excluding hydrogens is 380 g/mol. The Kier molecular flexibility index (Phi) is 4.21. The van der Waals surface area contributed by atoms with Crippen LogP contribution in [0.2, 0.25) is 0 Å². The minimum Gasteiger partial charge on any atom is -0.457 e. The molecule has 0 aliphatic carbocycles. The topological polar surface area (TPSA) is 96.8 Å². The van der Waals surface area contributed by atoms with Crippen molar-refractivity contribution in [3.63, 3.8) is 0 Å². The van der Waals surface area contributed by atoms with Crippen LogP contribution in [0, 0.1) is 13.8 Å². The molecule has 0 aliphatic heterocycles. The number of nitrogens with one attached hydrogen (secondary N) is 2. The highest BCUT2D eigenvalue weighted by Gasteiger charge is 2.19. The van der Waals surface area contributed by atoms with E-state index in [4.69, 9.17) is 9.26 Å². The summed E-state index contributed by atoms with van der Waals surface area (Å²) in [5.74, 6) is 2.18. The first-order valence-corrected chi connectivity index (χ1v) is 9.49. The SMILES string of the molecule is Cc1noc(-c2cc3c(-c4ccccc4Oc4ccccc4)[nH]c(C)c3c(=O)[nH]2)n1. The van der Waals surface area contributed by atoms with Crippen molar-refractivity contribution in [2.24, 2.45) is 0 Å². The number of hydrogen-bond acceptors (Lipinski definition) is 5. The van der Waals surface area contributed by atoms with Gasteiger partial charge in [-0.1, -0.05) is 35.5 Å². The van der Waals surface area contributed by atoms with Gasteiger partial charge in [0.2, 0.25) is 0 Å². The maximum absolute atomic E-state index is 12.8. The summed E-state index contributed by atoms with van der Waals surface area (Å²) < 4.78 is 11.4. The summed E-state index contributed by atoms with van der Waals surface area (Å²) >= 11 is 0. The molecule has 0 saturated carbocycles. The number of ether oxygens (including phenoxy) is 1. The van der Waals surface area contributed by atoms with Crippen LogP contribution in [-0.2, 0) is 0 Å². The predicted molar refractivity (Wildman–Crippen MR) is 114 cm³/mol. The van der Waals surface area contributed by atoms with Crippen LogP contribution in [0.15, 0.2) is 70.0 Å². The molecule has 5 aromatic rings. The molecule has 0 fully saturated rings. The first-order valence-electron chi connectivity index (χ1n) is 9.49. The van der Waals surface area contributed by atoms with E-state index in [1.54, 1.807) is 6.92 Å². The van der Waals surface area contributed by atoms with Crippen molar-refractivity contribution in [3.8, 4) is 34.3 Å². The quantitative estimate of drug-likeness (QED) is 0.445. The maximum atomic E-state index is 12.8. The van der Waals surface area contributed by atoms with Gasteiger partial charge >= 0.3 is 0 Å². The standard InChI is InChI=1S/C23H18N4O3/c1-13-20-17(12-18(26-22(20)28)23-25-14(2)27-30-23)21(24-13)16-10-6-7-11-19(16)29-15-8-4-3-5-9-15/h3-12,24H,1-2H3,(H,26,28). The number of para-hydroxylation sites is 2. The molecule has 3 aromatic heterocycles. The molecule has 0 amide bonds. The molecule has 2 aromatic carbocycles. The molecule has 2 N–H and O–H groups in total. The van der Waals surface area contributed by atoms with Gasteiger partial charge in [-0.25, -0.2) is 0 Å². The molecule has 0 radical (unpaired) electrons. The van der Waals surface area contributed by atoms with Crippen LogP contribution in [-0.4, -0.2) is 20.1 Å². The molecule has 0 bridgehead atoms. The molecule has 7 heteroatoms. The number of H-pyrrole nitrogens is 2. The molecule has 0 unspecified atom stereocenters. The number of aromatic nitrogens is 4. The van der Waals surface area contributed by atoms with Gasteiger partial charge in [0.1, 0.15) is 17.2 Å². The molecule has 5 rings (SSSR count). The van der Waals surface area contributed by atoms with Gasteiger partial charge in [-0.15, -0.1) is 0 Å². The third-order valence-electron chi connectivity index (χ3n) is 4.88. The van der Waals surface area contributed by atoms with Gasteiger partial charge < -0.3 is 19.2 Å². The fourth-order valence-corrected chi connectivity index (χ4v) is 3.56. The highest BCUT2D eigenvalue weighted by atomic mass is 16.5. The van der Waals surface area contributed by atoms with Crippen LogP contribution in [0.1, 0.15) is 11.5 Å². The monoisotopic (exact) mass is 398 g/mol. The molecule has 30 heavy (non-hydrogen) atoms. The maximum Gasteiger partial charge on any atom is 0.274 e. The summed E-state index contributed by atoms with van der Waals surface area (Å²) in [6, 6.07) is 19.1.